The molecule has 0 radical (unpaired) electrons. The highest BCUT2D eigenvalue weighted by Crippen LogP contribution is 2.31. The van der Waals surface area contributed by atoms with Gasteiger partial charge in [0.25, 0.3) is 0 Å². The number of hydrogen-bond acceptors (Lipinski definition) is 3. The number of hydrogen-bond donors (Lipinski definition) is 1. The molecule has 2 atom stereocenters. The number of likely N-dealkylation sites (tertiary alicyclic amines) is 1. The summed E-state index contributed by atoms with van der Waals surface area (Å²) in [5.41, 5.74) is 0.987. The van der Waals surface area contributed by atoms with Crippen molar-refractivity contribution in [3.05, 3.63) is 29.6 Å². The van der Waals surface area contributed by atoms with Gasteiger partial charge in [-0.2, -0.15) is 0 Å². The van der Waals surface area contributed by atoms with Crippen LogP contribution in [0, 0.1) is 5.82 Å². The quantitative estimate of drug-likeness (QED) is 0.898. The second kappa shape index (κ2) is 6.10. The third-order valence-corrected chi connectivity index (χ3v) is 4.40. The van der Waals surface area contributed by atoms with Gasteiger partial charge < -0.3 is 9.84 Å². The number of aliphatic hydroxyl groups excluding tert-OH is 1. The second-order valence-electron chi connectivity index (χ2n) is 5.85. The van der Waals surface area contributed by atoms with Crippen LogP contribution in [0.4, 0.5) is 4.39 Å². The summed E-state index contributed by atoms with van der Waals surface area (Å²) in [4.78, 5) is 2.47. The van der Waals surface area contributed by atoms with Crippen LogP contribution >= 0.6 is 0 Å². The van der Waals surface area contributed by atoms with E-state index in [2.05, 4.69) is 4.90 Å². The van der Waals surface area contributed by atoms with E-state index in [1.165, 1.54) is 18.9 Å². The Hall–Kier alpha value is -1.13. The summed E-state index contributed by atoms with van der Waals surface area (Å²) < 4.78 is 19.1. The van der Waals surface area contributed by atoms with E-state index in [1.54, 1.807) is 12.1 Å². The molecular formula is C16H22FNO2. The van der Waals surface area contributed by atoms with E-state index in [0.717, 1.165) is 43.7 Å². The van der Waals surface area contributed by atoms with Gasteiger partial charge in [0.1, 0.15) is 17.7 Å². The molecule has 1 aromatic carbocycles. The lowest BCUT2D eigenvalue weighted by atomic mass is 10.1. The Labute approximate surface area is 119 Å². The molecular weight excluding hydrogens is 257 g/mol. The lowest BCUT2D eigenvalue weighted by Crippen LogP contribution is -2.38. The van der Waals surface area contributed by atoms with Gasteiger partial charge in [-0.25, -0.2) is 4.39 Å². The van der Waals surface area contributed by atoms with Crippen LogP contribution in [-0.2, 0) is 6.42 Å². The molecule has 1 N–H and O–H groups in total. The van der Waals surface area contributed by atoms with E-state index in [9.17, 15) is 4.39 Å². The van der Waals surface area contributed by atoms with Gasteiger partial charge in [-0.15, -0.1) is 0 Å². The van der Waals surface area contributed by atoms with Gasteiger partial charge in [-0.05, 0) is 50.4 Å². The fourth-order valence-corrected chi connectivity index (χ4v) is 3.44. The largest absolute Gasteiger partial charge is 0.488 e. The molecule has 3 nitrogen and oxygen atoms in total. The SMILES string of the molecule is OCCCC1CCCN1CC1Cc2cc(F)ccc2O1. The molecule has 0 spiro atoms. The van der Waals surface area contributed by atoms with Crippen molar-refractivity contribution in [1.29, 1.82) is 0 Å². The van der Waals surface area contributed by atoms with Crippen LogP contribution in [0.3, 0.4) is 0 Å². The molecule has 1 saturated heterocycles. The predicted octanol–water partition coefficient (Wildman–Crippen LogP) is 2.37. The third kappa shape index (κ3) is 2.96. The molecule has 3 rings (SSSR count). The summed E-state index contributed by atoms with van der Waals surface area (Å²) in [6.45, 7) is 2.29. The Morgan fingerprint density at radius 2 is 2.30 bits per heavy atom. The zero-order valence-corrected chi connectivity index (χ0v) is 11.7. The molecule has 110 valence electrons. The molecule has 2 unspecified atom stereocenters. The van der Waals surface area contributed by atoms with Crippen LogP contribution in [0.5, 0.6) is 5.75 Å². The highest BCUT2D eigenvalue weighted by molar-refractivity contribution is 5.37. The van der Waals surface area contributed by atoms with Crippen molar-refractivity contribution in [2.75, 3.05) is 19.7 Å². The summed E-state index contributed by atoms with van der Waals surface area (Å²) in [7, 11) is 0. The van der Waals surface area contributed by atoms with Crippen LogP contribution in [0.15, 0.2) is 18.2 Å². The third-order valence-electron chi connectivity index (χ3n) is 4.40. The normalized spacial score (nSPS) is 25.7. The second-order valence-corrected chi connectivity index (χ2v) is 5.85. The van der Waals surface area contributed by atoms with Crippen LogP contribution in [0.25, 0.3) is 0 Å². The standard InChI is InChI=1S/C16H22FNO2/c17-13-5-6-16-12(9-13)10-15(20-16)11-18-7-1-3-14(18)4-2-8-19/h5-6,9,14-15,19H,1-4,7-8,10-11H2. The molecule has 4 heteroatoms. The van der Waals surface area contributed by atoms with E-state index < -0.39 is 0 Å². The lowest BCUT2D eigenvalue weighted by molar-refractivity contribution is 0.134. The number of nitrogens with zero attached hydrogens (tertiary/aromatic N) is 1. The Morgan fingerprint density at radius 1 is 1.40 bits per heavy atom. The van der Waals surface area contributed by atoms with Gasteiger partial charge in [0.15, 0.2) is 0 Å². The molecule has 0 amide bonds. The molecule has 0 bridgehead atoms. The van der Waals surface area contributed by atoms with Crippen LogP contribution in [0.1, 0.15) is 31.2 Å². The zero-order valence-electron chi connectivity index (χ0n) is 11.7. The van der Waals surface area contributed by atoms with E-state index in [1.807, 2.05) is 0 Å². The molecule has 0 saturated carbocycles. The monoisotopic (exact) mass is 279 g/mol. The molecule has 1 aromatic rings. The minimum Gasteiger partial charge on any atom is -0.488 e. The maximum absolute atomic E-state index is 13.2. The molecule has 20 heavy (non-hydrogen) atoms. The van der Waals surface area contributed by atoms with E-state index in [0.29, 0.717) is 6.04 Å². The van der Waals surface area contributed by atoms with Crippen LogP contribution in [0.2, 0.25) is 0 Å². The van der Waals surface area contributed by atoms with Crippen LogP contribution in [-0.4, -0.2) is 41.8 Å². The van der Waals surface area contributed by atoms with E-state index in [-0.39, 0.29) is 18.5 Å². The van der Waals surface area contributed by atoms with E-state index >= 15 is 0 Å². The minimum absolute atomic E-state index is 0.140. The van der Waals surface area contributed by atoms with Crippen molar-refractivity contribution in [3.8, 4) is 5.75 Å². The average Bonchev–Trinajstić information content (AvgIpc) is 3.02. The predicted molar refractivity (Wildman–Crippen MR) is 75.4 cm³/mol. The van der Waals surface area contributed by atoms with Crippen LogP contribution < -0.4 is 4.74 Å². The number of fused-ring (bicyclic) bond motifs is 1. The summed E-state index contributed by atoms with van der Waals surface area (Å²) in [6, 6.07) is 5.35. The fourth-order valence-electron chi connectivity index (χ4n) is 3.44. The van der Waals surface area contributed by atoms with Crippen molar-refractivity contribution >= 4 is 0 Å². The van der Waals surface area contributed by atoms with Gasteiger partial charge in [-0.1, -0.05) is 0 Å². The van der Waals surface area contributed by atoms with Crippen molar-refractivity contribution in [3.63, 3.8) is 0 Å². The molecule has 2 aliphatic rings. The maximum Gasteiger partial charge on any atom is 0.123 e. The van der Waals surface area contributed by atoms with Gasteiger partial charge in [-0.3, -0.25) is 4.90 Å². The number of aliphatic hydroxyl groups is 1. The minimum atomic E-state index is -0.185. The first-order valence-corrected chi connectivity index (χ1v) is 7.56. The van der Waals surface area contributed by atoms with Crippen molar-refractivity contribution in [2.24, 2.45) is 0 Å². The Balaban J connectivity index is 1.57. The van der Waals surface area contributed by atoms with Gasteiger partial charge in [0, 0.05) is 31.2 Å². The van der Waals surface area contributed by atoms with E-state index in [4.69, 9.17) is 9.84 Å². The molecule has 2 aliphatic heterocycles. The van der Waals surface area contributed by atoms with Crippen molar-refractivity contribution in [2.45, 2.75) is 44.2 Å². The summed E-state index contributed by atoms with van der Waals surface area (Å²) in [6.07, 6.45) is 5.32. The Morgan fingerprint density at radius 3 is 3.15 bits per heavy atom. The lowest BCUT2D eigenvalue weighted by Gasteiger charge is -2.26. The molecule has 1 fully saturated rings. The molecule has 2 heterocycles. The fraction of sp³-hybridized carbons (Fsp3) is 0.625. The Bertz CT molecular complexity index is 466. The number of ether oxygens (including phenoxy) is 1. The first-order valence-electron chi connectivity index (χ1n) is 7.56. The number of benzene rings is 1. The zero-order chi connectivity index (χ0) is 13.9. The number of halogens is 1. The average molecular weight is 279 g/mol. The van der Waals surface area contributed by atoms with Gasteiger partial charge in [0.05, 0.1) is 0 Å². The highest BCUT2D eigenvalue weighted by Gasteiger charge is 2.30. The maximum atomic E-state index is 13.2. The molecule has 0 aliphatic carbocycles. The topological polar surface area (TPSA) is 32.7 Å². The van der Waals surface area contributed by atoms with Gasteiger partial charge in [0.2, 0.25) is 0 Å². The smallest absolute Gasteiger partial charge is 0.123 e. The first kappa shape index (κ1) is 13.8. The highest BCUT2D eigenvalue weighted by atomic mass is 19.1. The first-order chi connectivity index (χ1) is 9.76. The number of rotatable bonds is 5. The molecule has 0 aromatic heterocycles. The summed E-state index contributed by atoms with van der Waals surface area (Å²) in [5, 5.41) is 8.96. The summed E-state index contributed by atoms with van der Waals surface area (Å²) >= 11 is 0. The van der Waals surface area contributed by atoms with Gasteiger partial charge >= 0.3 is 0 Å². The Kier molecular flexibility index (Phi) is 4.22. The van der Waals surface area contributed by atoms with Crippen molar-refractivity contribution < 1.29 is 14.2 Å². The summed E-state index contributed by atoms with van der Waals surface area (Å²) in [5.74, 6) is 0.650. The van der Waals surface area contributed by atoms with Crippen molar-refractivity contribution in [1.82, 2.24) is 4.90 Å².